The van der Waals surface area contributed by atoms with E-state index in [-0.39, 0.29) is 0 Å². The minimum Gasteiger partial charge on any atom is -0.489 e. The first kappa shape index (κ1) is 12.2. The van der Waals surface area contributed by atoms with Crippen molar-refractivity contribution in [2.24, 2.45) is 0 Å². The first-order valence-electron chi connectivity index (χ1n) is 4.53. The molecule has 0 aliphatic rings. The lowest BCUT2D eigenvalue weighted by molar-refractivity contribution is 0.211. The van der Waals surface area contributed by atoms with Gasteiger partial charge in [0.15, 0.2) is 0 Å². The zero-order valence-electron chi connectivity index (χ0n) is 8.47. The summed E-state index contributed by atoms with van der Waals surface area (Å²) in [5.74, 6) is 0.714. The van der Waals surface area contributed by atoms with Crippen molar-refractivity contribution < 1.29 is 4.74 Å². The van der Waals surface area contributed by atoms with E-state index in [9.17, 15) is 0 Å². The first-order chi connectivity index (χ1) is 7.19. The van der Waals surface area contributed by atoms with Gasteiger partial charge in [0.05, 0.1) is 0 Å². The van der Waals surface area contributed by atoms with E-state index in [2.05, 4.69) is 6.58 Å². The highest BCUT2D eigenvalue weighted by Crippen LogP contribution is 2.25. The third-order valence-corrected chi connectivity index (χ3v) is 2.64. The van der Waals surface area contributed by atoms with E-state index >= 15 is 0 Å². The molecule has 0 atom stereocenters. The Bertz CT molecular complexity index is 363. The van der Waals surface area contributed by atoms with Crippen LogP contribution in [0.5, 0.6) is 0 Å². The van der Waals surface area contributed by atoms with Gasteiger partial charge in [-0.2, -0.15) is 0 Å². The van der Waals surface area contributed by atoms with Crippen LogP contribution in [0.3, 0.4) is 0 Å². The number of hydrogen-bond donors (Lipinski definition) is 0. The summed E-state index contributed by atoms with van der Waals surface area (Å²) in [6.07, 6.45) is 3.47. The summed E-state index contributed by atoms with van der Waals surface area (Å²) >= 11 is 12.0. The van der Waals surface area contributed by atoms with Gasteiger partial charge in [-0.05, 0) is 31.2 Å². The lowest BCUT2D eigenvalue weighted by atomic mass is 10.2. The molecule has 1 rings (SSSR count). The molecule has 0 aromatic heterocycles. The van der Waals surface area contributed by atoms with E-state index in [0.29, 0.717) is 22.4 Å². The molecule has 80 valence electrons. The summed E-state index contributed by atoms with van der Waals surface area (Å²) < 4.78 is 5.46. The van der Waals surface area contributed by atoms with E-state index in [1.807, 2.05) is 13.0 Å². The van der Waals surface area contributed by atoms with E-state index in [0.717, 1.165) is 5.56 Å². The Balaban J connectivity index is 2.77. The minimum atomic E-state index is 0.351. The Labute approximate surface area is 100.0 Å². The Kier molecular flexibility index (Phi) is 4.73. The quantitative estimate of drug-likeness (QED) is 0.554. The van der Waals surface area contributed by atoms with Crippen molar-refractivity contribution in [3.8, 4) is 0 Å². The van der Waals surface area contributed by atoms with Crippen LogP contribution in [0.25, 0.3) is 0 Å². The maximum Gasteiger partial charge on any atom is 0.116 e. The molecule has 0 saturated carbocycles. The van der Waals surface area contributed by atoms with E-state index in [1.165, 1.54) is 0 Å². The Morgan fingerprint density at radius 1 is 1.40 bits per heavy atom. The molecule has 0 heterocycles. The summed E-state index contributed by atoms with van der Waals surface area (Å²) in [5, 5.41) is 1.23. The predicted octanol–water partition coefficient (Wildman–Crippen LogP) is 4.60. The van der Waals surface area contributed by atoms with Crippen molar-refractivity contribution in [3.63, 3.8) is 0 Å². The molecular formula is C12H12Cl2O. The molecule has 0 aliphatic carbocycles. The molecule has 3 heteroatoms. The van der Waals surface area contributed by atoms with Crippen LogP contribution in [0, 0.1) is 0 Å². The van der Waals surface area contributed by atoms with Crippen LogP contribution in [0.15, 0.2) is 42.7 Å². The van der Waals surface area contributed by atoms with Crippen LogP contribution < -0.4 is 0 Å². The van der Waals surface area contributed by atoms with Crippen molar-refractivity contribution in [2.45, 2.75) is 13.5 Å². The topological polar surface area (TPSA) is 9.23 Å². The smallest absolute Gasteiger partial charge is 0.116 e. The zero-order valence-corrected chi connectivity index (χ0v) is 9.98. The van der Waals surface area contributed by atoms with Gasteiger partial charge in [0.1, 0.15) is 12.4 Å². The van der Waals surface area contributed by atoms with Gasteiger partial charge in [-0.1, -0.05) is 35.8 Å². The Morgan fingerprint density at radius 3 is 2.47 bits per heavy atom. The largest absolute Gasteiger partial charge is 0.489 e. The number of hydrogen-bond acceptors (Lipinski definition) is 1. The van der Waals surface area contributed by atoms with Crippen molar-refractivity contribution in [3.05, 3.63) is 58.3 Å². The van der Waals surface area contributed by atoms with Gasteiger partial charge in [-0.15, -0.1) is 0 Å². The molecule has 0 saturated heterocycles. The molecule has 1 aromatic carbocycles. The van der Waals surface area contributed by atoms with E-state index < -0.39 is 0 Å². The molecule has 0 bridgehead atoms. The monoisotopic (exact) mass is 242 g/mol. The lowest BCUT2D eigenvalue weighted by Crippen LogP contribution is -1.93. The van der Waals surface area contributed by atoms with Crippen LogP contribution in [0.1, 0.15) is 12.5 Å². The van der Waals surface area contributed by atoms with Crippen molar-refractivity contribution in [2.75, 3.05) is 0 Å². The summed E-state index contributed by atoms with van der Waals surface area (Å²) in [5.41, 5.74) is 0.794. The average molecular weight is 243 g/mol. The molecule has 1 nitrogen and oxygen atoms in total. The summed E-state index contributed by atoms with van der Waals surface area (Å²) in [6, 6.07) is 5.38. The van der Waals surface area contributed by atoms with Crippen LogP contribution in [-0.2, 0) is 11.3 Å². The summed E-state index contributed by atoms with van der Waals surface area (Å²) in [4.78, 5) is 0. The number of benzene rings is 1. The van der Waals surface area contributed by atoms with Crippen LogP contribution >= 0.6 is 23.2 Å². The van der Waals surface area contributed by atoms with Gasteiger partial charge >= 0.3 is 0 Å². The Morgan fingerprint density at radius 2 is 2.00 bits per heavy atom. The van der Waals surface area contributed by atoms with Crippen LogP contribution in [0.4, 0.5) is 0 Å². The van der Waals surface area contributed by atoms with Gasteiger partial charge in [-0.25, -0.2) is 0 Å². The molecule has 0 fully saturated rings. The van der Waals surface area contributed by atoms with Gasteiger partial charge in [-0.3, -0.25) is 0 Å². The highest BCUT2D eigenvalue weighted by molar-refractivity contribution is 6.35. The molecular weight excluding hydrogens is 231 g/mol. The van der Waals surface area contributed by atoms with E-state index in [4.69, 9.17) is 27.9 Å². The van der Waals surface area contributed by atoms with Crippen molar-refractivity contribution >= 4 is 23.2 Å². The van der Waals surface area contributed by atoms with Gasteiger partial charge < -0.3 is 4.74 Å². The van der Waals surface area contributed by atoms with Crippen molar-refractivity contribution in [1.29, 1.82) is 0 Å². The SMILES string of the molecule is C=C/C(=C\C)OCc1c(Cl)cccc1Cl. The van der Waals surface area contributed by atoms with Gasteiger partial charge in [0.2, 0.25) is 0 Å². The fourth-order valence-corrected chi connectivity index (χ4v) is 1.59. The maximum absolute atomic E-state index is 5.99. The summed E-state index contributed by atoms with van der Waals surface area (Å²) in [7, 11) is 0. The molecule has 0 radical (unpaired) electrons. The van der Waals surface area contributed by atoms with Crippen LogP contribution in [-0.4, -0.2) is 0 Å². The minimum absolute atomic E-state index is 0.351. The number of ether oxygens (including phenoxy) is 1. The second kappa shape index (κ2) is 5.84. The Hall–Kier alpha value is -0.920. The number of allylic oxidation sites excluding steroid dienone is 2. The molecule has 0 amide bonds. The molecule has 1 aromatic rings. The lowest BCUT2D eigenvalue weighted by Gasteiger charge is -2.09. The predicted molar refractivity (Wildman–Crippen MR) is 65.2 cm³/mol. The normalized spacial score (nSPS) is 11.3. The second-order valence-corrected chi connectivity index (χ2v) is 3.70. The first-order valence-corrected chi connectivity index (χ1v) is 5.29. The van der Waals surface area contributed by atoms with E-state index in [1.54, 1.807) is 24.3 Å². The third kappa shape index (κ3) is 3.29. The molecule has 0 spiro atoms. The second-order valence-electron chi connectivity index (χ2n) is 2.88. The number of halogens is 2. The number of rotatable bonds is 4. The fourth-order valence-electron chi connectivity index (χ4n) is 1.09. The maximum atomic E-state index is 5.99. The van der Waals surface area contributed by atoms with Gasteiger partial charge in [0, 0.05) is 15.6 Å². The molecule has 0 N–H and O–H groups in total. The average Bonchev–Trinajstić information content (AvgIpc) is 2.23. The standard InChI is InChI=1S/C12H12Cl2O/c1-3-9(4-2)15-8-10-11(13)6-5-7-12(10)14/h3-7H,1,8H2,2H3/b9-4+. The molecule has 0 unspecified atom stereocenters. The summed E-state index contributed by atoms with van der Waals surface area (Å²) in [6.45, 7) is 5.86. The highest BCUT2D eigenvalue weighted by Gasteiger charge is 2.05. The zero-order chi connectivity index (χ0) is 11.3. The highest BCUT2D eigenvalue weighted by atomic mass is 35.5. The fraction of sp³-hybridized carbons (Fsp3) is 0.167. The molecule has 0 aliphatic heterocycles. The van der Waals surface area contributed by atoms with Crippen molar-refractivity contribution in [1.82, 2.24) is 0 Å². The van der Waals surface area contributed by atoms with Crippen LogP contribution in [0.2, 0.25) is 10.0 Å². The third-order valence-electron chi connectivity index (χ3n) is 1.93. The van der Waals surface area contributed by atoms with Gasteiger partial charge in [0.25, 0.3) is 0 Å². The molecule has 15 heavy (non-hydrogen) atoms.